The Morgan fingerprint density at radius 3 is 2.70 bits per heavy atom. The molecule has 0 radical (unpaired) electrons. The zero-order valence-electron chi connectivity index (χ0n) is 11.3. The van der Waals surface area contributed by atoms with Gasteiger partial charge in [0.15, 0.2) is 0 Å². The molecule has 0 amide bonds. The van der Waals surface area contributed by atoms with Crippen molar-refractivity contribution in [3.05, 3.63) is 28.8 Å². The number of nitrogens with zero attached hydrogens (tertiary/aromatic N) is 1. The van der Waals surface area contributed by atoms with Crippen LogP contribution in [0.15, 0.2) is 23.1 Å². The maximum Gasteiger partial charge on any atom is 0.242 e. The molecule has 1 aromatic rings. The number of benzene rings is 1. The number of hydrogen-bond acceptors (Lipinski definition) is 3. The normalized spacial score (nSPS) is 16.6. The quantitative estimate of drug-likeness (QED) is 0.877. The molecule has 108 valence electrons. The topological polar surface area (TPSA) is 70.0 Å². The van der Waals surface area contributed by atoms with Crippen LogP contribution in [0.2, 0.25) is 5.02 Å². The molecular formula is C14H17ClN2O2S. The van der Waals surface area contributed by atoms with E-state index in [1.165, 1.54) is 18.2 Å². The maximum absolute atomic E-state index is 12.3. The molecule has 1 saturated carbocycles. The molecule has 2 rings (SSSR count). The standard InChI is InChI=1S/C14H17ClN2O2S/c1-2-5-14(6-7-14)10-17-20(18,19)13-8-11(9-16)3-4-12(13)15/h3-4,8,17H,2,5-7,10H2,1H3. The molecule has 0 unspecified atom stereocenters. The number of halogens is 1. The molecule has 1 N–H and O–H groups in total. The van der Waals surface area contributed by atoms with E-state index in [1.807, 2.05) is 6.07 Å². The number of rotatable bonds is 6. The van der Waals surface area contributed by atoms with Gasteiger partial charge in [-0.1, -0.05) is 24.9 Å². The van der Waals surface area contributed by atoms with Crippen molar-refractivity contribution in [3.8, 4) is 6.07 Å². The van der Waals surface area contributed by atoms with Gasteiger partial charge in [-0.3, -0.25) is 0 Å². The SMILES string of the molecule is CCCC1(CNS(=O)(=O)c2cc(C#N)ccc2Cl)CC1. The van der Waals surface area contributed by atoms with Gasteiger partial charge < -0.3 is 0 Å². The first-order valence-electron chi connectivity index (χ1n) is 6.62. The van der Waals surface area contributed by atoms with Crippen LogP contribution in [0.4, 0.5) is 0 Å². The highest BCUT2D eigenvalue weighted by Gasteiger charge is 2.42. The third-order valence-corrected chi connectivity index (χ3v) is 5.61. The van der Waals surface area contributed by atoms with Crippen molar-refractivity contribution in [3.63, 3.8) is 0 Å². The lowest BCUT2D eigenvalue weighted by molar-refractivity contribution is 0.449. The minimum atomic E-state index is -3.67. The number of hydrogen-bond donors (Lipinski definition) is 1. The average molecular weight is 313 g/mol. The molecule has 4 nitrogen and oxygen atoms in total. The highest BCUT2D eigenvalue weighted by Crippen LogP contribution is 2.49. The van der Waals surface area contributed by atoms with E-state index in [0.717, 1.165) is 25.7 Å². The van der Waals surface area contributed by atoms with E-state index in [2.05, 4.69) is 11.6 Å². The molecule has 0 aliphatic heterocycles. The Bertz CT molecular complexity index is 646. The fourth-order valence-corrected chi connectivity index (χ4v) is 4.01. The highest BCUT2D eigenvalue weighted by molar-refractivity contribution is 7.89. The second kappa shape index (κ2) is 5.72. The van der Waals surface area contributed by atoms with Gasteiger partial charge in [0, 0.05) is 6.54 Å². The Labute approximate surface area is 124 Å². The van der Waals surface area contributed by atoms with Crippen molar-refractivity contribution in [1.82, 2.24) is 4.72 Å². The van der Waals surface area contributed by atoms with Crippen LogP contribution in [-0.4, -0.2) is 15.0 Å². The van der Waals surface area contributed by atoms with Gasteiger partial charge in [-0.05, 0) is 42.9 Å². The highest BCUT2D eigenvalue weighted by atomic mass is 35.5. The summed E-state index contributed by atoms with van der Waals surface area (Å²) in [4.78, 5) is -0.0227. The Morgan fingerprint density at radius 2 is 2.15 bits per heavy atom. The fourth-order valence-electron chi connectivity index (χ4n) is 2.33. The van der Waals surface area contributed by atoms with Gasteiger partial charge in [-0.15, -0.1) is 0 Å². The van der Waals surface area contributed by atoms with Crippen molar-refractivity contribution in [2.45, 2.75) is 37.5 Å². The Balaban J connectivity index is 2.17. The summed E-state index contributed by atoms with van der Waals surface area (Å²) >= 11 is 5.94. The monoisotopic (exact) mass is 312 g/mol. The van der Waals surface area contributed by atoms with Crippen LogP contribution in [0.1, 0.15) is 38.2 Å². The summed E-state index contributed by atoms with van der Waals surface area (Å²) in [6.45, 7) is 2.54. The van der Waals surface area contributed by atoms with E-state index < -0.39 is 10.0 Å². The molecule has 1 fully saturated rings. The van der Waals surface area contributed by atoms with E-state index >= 15 is 0 Å². The van der Waals surface area contributed by atoms with Crippen molar-refractivity contribution < 1.29 is 8.42 Å². The van der Waals surface area contributed by atoms with Crippen molar-refractivity contribution in [2.75, 3.05) is 6.54 Å². The molecule has 1 aliphatic carbocycles. The minimum absolute atomic E-state index is 0.0227. The van der Waals surface area contributed by atoms with Gasteiger partial charge in [-0.25, -0.2) is 13.1 Å². The van der Waals surface area contributed by atoms with Crippen molar-refractivity contribution >= 4 is 21.6 Å². The van der Waals surface area contributed by atoms with Gasteiger partial charge in [0.05, 0.1) is 16.7 Å². The first-order valence-corrected chi connectivity index (χ1v) is 8.48. The van der Waals surface area contributed by atoms with Gasteiger partial charge in [0.25, 0.3) is 0 Å². The first-order chi connectivity index (χ1) is 9.42. The van der Waals surface area contributed by atoms with Crippen LogP contribution < -0.4 is 4.72 Å². The summed E-state index contributed by atoms with van der Waals surface area (Å²) in [5.74, 6) is 0. The molecule has 1 aromatic carbocycles. The van der Waals surface area contributed by atoms with Crippen LogP contribution in [-0.2, 0) is 10.0 Å². The molecule has 0 saturated heterocycles. The van der Waals surface area contributed by atoms with Crippen molar-refractivity contribution in [1.29, 1.82) is 5.26 Å². The Hall–Kier alpha value is -1.09. The van der Waals surface area contributed by atoms with Crippen LogP contribution in [0.3, 0.4) is 0 Å². The lowest BCUT2D eigenvalue weighted by Gasteiger charge is -2.15. The van der Waals surface area contributed by atoms with Crippen LogP contribution in [0.5, 0.6) is 0 Å². The molecule has 0 bridgehead atoms. The van der Waals surface area contributed by atoms with E-state index in [0.29, 0.717) is 6.54 Å². The Kier molecular flexibility index (Phi) is 4.38. The summed E-state index contributed by atoms with van der Waals surface area (Å²) in [5, 5.41) is 8.99. The molecule has 20 heavy (non-hydrogen) atoms. The molecule has 6 heteroatoms. The minimum Gasteiger partial charge on any atom is -0.211 e. The summed E-state index contributed by atoms with van der Waals surface area (Å²) in [6, 6.07) is 6.17. The van der Waals surface area contributed by atoms with Gasteiger partial charge >= 0.3 is 0 Å². The molecular weight excluding hydrogens is 296 g/mol. The number of sulfonamides is 1. The summed E-state index contributed by atoms with van der Waals surface area (Å²) in [7, 11) is -3.67. The molecule has 0 spiro atoms. The predicted molar refractivity (Wildman–Crippen MR) is 77.9 cm³/mol. The smallest absolute Gasteiger partial charge is 0.211 e. The van der Waals surface area contributed by atoms with Gasteiger partial charge in [-0.2, -0.15) is 5.26 Å². The molecule has 1 aliphatic rings. The zero-order chi connectivity index (χ0) is 14.8. The average Bonchev–Trinajstić information content (AvgIpc) is 3.18. The van der Waals surface area contributed by atoms with Gasteiger partial charge in [0.2, 0.25) is 10.0 Å². The van der Waals surface area contributed by atoms with Crippen LogP contribution in [0.25, 0.3) is 0 Å². The molecule has 0 aromatic heterocycles. The fraction of sp³-hybridized carbons (Fsp3) is 0.500. The van der Waals surface area contributed by atoms with E-state index in [9.17, 15) is 8.42 Å². The first kappa shape index (κ1) is 15.3. The number of nitrogens with one attached hydrogen (secondary N) is 1. The van der Waals surface area contributed by atoms with Crippen molar-refractivity contribution in [2.24, 2.45) is 5.41 Å². The summed E-state index contributed by atoms with van der Waals surface area (Å²) in [6.07, 6.45) is 4.21. The lowest BCUT2D eigenvalue weighted by atomic mass is 10.0. The third kappa shape index (κ3) is 3.32. The van der Waals surface area contributed by atoms with E-state index in [-0.39, 0.29) is 20.9 Å². The zero-order valence-corrected chi connectivity index (χ0v) is 12.9. The third-order valence-electron chi connectivity index (χ3n) is 3.72. The van der Waals surface area contributed by atoms with Crippen LogP contribution in [0, 0.1) is 16.7 Å². The Morgan fingerprint density at radius 1 is 1.45 bits per heavy atom. The predicted octanol–water partition coefficient (Wildman–Crippen LogP) is 3.07. The molecule has 0 atom stereocenters. The lowest BCUT2D eigenvalue weighted by Crippen LogP contribution is -2.30. The molecule has 0 heterocycles. The van der Waals surface area contributed by atoms with E-state index in [1.54, 1.807) is 0 Å². The maximum atomic E-state index is 12.3. The largest absolute Gasteiger partial charge is 0.242 e. The number of nitriles is 1. The van der Waals surface area contributed by atoms with E-state index in [4.69, 9.17) is 16.9 Å². The van der Waals surface area contributed by atoms with Crippen LogP contribution >= 0.6 is 11.6 Å². The summed E-state index contributed by atoms with van der Waals surface area (Å²) < 4.78 is 27.2. The summed E-state index contributed by atoms with van der Waals surface area (Å²) in [5.41, 5.74) is 0.408. The second-order valence-corrected chi connectivity index (χ2v) is 7.47. The van der Waals surface area contributed by atoms with Gasteiger partial charge in [0.1, 0.15) is 4.90 Å². The second-order valence-electron chi connectivity index (χ2n) is 5.33.